The molecule has 0 spiro atoms. The number of carboxylic acid groups (broad SMARTS) is 1. The van der Waals surface area contributed by atoms with Gasteiger partial charge in [0.1, 0.15) is 18.4 Å². The number of carboxylic acids is 1. The number of benzene rings is 2. The van der Waals surface area contributed by atoms with Crippen molar-refractivity contribution in [3.63, 3.8) is 0 Å². The van der Waals surface area contributed by atoms with Crippen molar-refractivity contribution < 1.29 is 34.8 Å². The van der Waals surface area contributed by atoms with Gasteiger partial charge in [-0.1, -0.05) is 61.7 Å². The number of nitrogens with one attached hydrogen (secondary N) is 3. The second kappa shape index (κ2) is 19.5. The minimum atomic E-state index is -1.08. The summed E-state index contributed by atoms with van der Waals surface area (Å²) in [6, 6.07) is 13.3. The second-order valence-electron chi connectivity index (χ2n) is 17.3. The zero-order valence-corrected chi connectivity index (χ0v) is 33.8. The molecule has 1 fully saturated rings. The van der Waals surface area contributed by atoms with Crippen LogP contribution in [0.25, 0.3) is 10.8 Å². The highest BCUT2D eigenvalue weighted by atomic mass is 16.4. The number of anilines is 1. The molecule has 3 aliphatic carbocycles. The van der Waals surface area contributed by atoms with E-state index in [1.165, 1.54) is 22.6 Å². The van der Waals surface area contributed by atoms with Gasteiger partial charge in [-0.15, -0.1) is 0 Å². The molecule has 0 radical (unpaired) electrons. The van der Waals surface area contributed by atoms with E-state index in [0.29, 0.717) is 37.2 Å². The number of guanidine groups is 1. The number of fused-ring (bicyclic) bond motifs is 4. The van der Waals surface area contributed by atoms with Gasteiger partial charge < -0.3 is 51.4 Å². The Morgan fingerprint density at radius 3 is 2.54 bits per heavy atom. The first kappa shape index (κ1) is 42.3. The number of carbonyl (C=O) groups excluding carboxylic acids is 2. The highest BCUT2D eigenvalue weighted by Crippen LogP contribution is 2.62. The van der Waals surface area contributed by atoms with E-state index in [1.54, 1.807) is 0 Å². The van der Waals surface area contributed by atoms with Gasteiger partial charge in [-0.2, -0.15) is 0 Å². The number of aromatic amines is 1. The number of aliphatic hydroxyl groups excluding tert-OH is 3. The van der Waals surface area contributed by atoms with Gasteiger partial charge in [0.2, 0.25) is 0 Å². The summed E-state index contributed by atoms with van der Waals surface area (Å²) in [6.45, 7) is -0.0986. The first-order valence-electron chi connectivity index (χ1n) is 21.7. The van der Waals surface area contributed by atoms with E-state index in [-0.39, 0.29) is 61.1 Å². The lowest BCUT2D eigenvalue weighted by molar-refractivity contribution is -0.131. The standard InChI is InChI=1S/C47H61N5O7/c48-47-50-39(26-40(51-47)41(57)17-21-55)38(25-43(58)59)46(52-42-9-4-18-49-42)35-15-14-33-34-13-12-30(8-3-1-2-6-29(27-56)7-5-19-53)44(45(34)35)37-24-32-22-28(16-20-54)10-11-31(32)23-36(33)37/h4,9-13,18,20,22-25,27,29-30,33-35,39-41,44-46,49,52-53,55,57H,1-3,5-8,14-17,19,21,26H2,(H,58,59)(H3,48,50,51). The lowest BCUT2D eigenvalue weighted by Gasteiger charge is -2.57. The molecule has 4 bridgehead atoms. The van der Waals surface area contributed by atoms with Crippen molar-refractivity contribution >= 4 is 41.1 Å². The number of nitrogens with zero attached hydrogens (tertiary/aromatic N) is 1. The van der Waals surface area contributed by atoms with Gasteiger partial charge in [0.25, 0.3) is 0 Å². The van der Waals surface area contributed by atoms with Gasteiger partial charge in [-0.25, -0.2) is 9.79 Å². The Labute approximate surface area is 346 Å². The van der Waals surface area contributed by atoms with E-state index in [2.05, 4.69) is 52.0 Å². The van der Waals surface area contributed by atoms with Gasteiger partial charge in [0, 0.05) is 37.8 Å². The van der Waals surface area contributed by atoms with Crippen LogP contribution in [0.5, 0.6) is 0 Å². The number of allylic oxidation sites excluding steroid dienone is 2. The number of carbonyl (C=O) groups is 3. The van der Waals surface area contributed by atoms with Crippen molar-refractivity contribution in [1.29, 1.82) is 0 Å². The Balaban J connectivity index is 1.28. The number of aliphatic imine (C=N–C) groups is 1. The Kier molecular flexibility index (Phi) is 14.0. The van der Waals surface area contributed by atoms with Crippen molar-refractivity contribution in [2.24, 2.45) is 40.3 Å². The fourth-order valence-electron chi connectivity index (χ4n) is 11.1. The van der Waals surface area contributed by atoms with E-state index in [0.717, 1.165) is 74.3 Å². The summed E-state index contributed by atoms with van der Waals surface area (Å²) in [7, 11) is 0. The maximum absolute atomic E-state index is 12.8. The normalized spacial score (nSPS) is 27.5. The van der Waals surface area contributed by atoms with Crippen LogP contribution in [0.1, 0.15) is 99.2 Å². The number of unbranched alkanes of at least 4 members (excludes halogenated alkanes) is 2. The predicted octanol–water partition coefficient (Wildman–Crippen LogP) is 5.74. The predicted molar refractivity (Wildman–Crippen MR) is 229 cm³/mol. The molecule has 316 valence electrons. The number of aldehydes is 2. The summed E-state index contributed by atoms with van der Waals surface area (Å²) in [6.07, 6.45) is 17.8. The van der Waals surface area contributed by atoms with Crippen LogP contribution < -0.4 is 16.4 Å². The van der Waals surface area contributed by atoms with E-state index in [9.17, 15) is 34.8 Å². The van der Waals surface area contributed by atoms with Crippen LogP contribution in [0.15, 0.2) is 77.5 Å². The SMILES string of the molecule is NC1=NC(C(=CC(=O)O)C(Nc2ccc[nH]2)C2CCC3c4cc5ccc(CC=O)cc5cc4C4C(CCCCCC(C=O)CCCO)C=CC3C24)CC(C(O)CCO)N1. The molecule has 11 atom stereocenters. The molecule has 11 unspecified atom stereocenters. The minimum absolute atomic E-state index is 0.000144. The number of aliphatic hydroxyl groups is 3. The van der Waals surface area contributed by atoms with Crippen LogP contribution >= 0.6 is 0 Å². The van der Waals surface area contributed by atoms with E-state index < -0.39 is 30.2 Å². The molecule has 0 amide bonds. The number of H-pyrrole nitrogens is 1. The molecule has 4 aliphatic rings. The number of nitrogens with two attached hydrogens (primary N) is 1. The third kappa shape index (κ3) is 9.50. The average molecular weight is 808 g/mol. The van der Waals surface area contributed by atoms with Gasteiger partial charge in [-0.3, -0.25) is 0 Å². The number of hydrogen-bond donors (Lipinski definition) is 8. The zero-order chi connectivity index (χ0) is 41.5. The van der Waals surface area contributed by atoms with Gasteiger partial charge in [0.15, 0.2) is 5.96 Å². The maximum Gasteiger partial charge on any atom is 0.328 e. The molecular weight excluding hydrogens is 747 g/mol. The first-order valence-corrected chi connectivity index (χ1v) is 21.7. The monoisotopic (exact) mass is 807 g/mol. The van der Waals surface area contributed by atoms with Crippen LogP contribution in [0, 0.1) is 29.6 Å². The molecule has 12 nitrogen and oxygen atoms in total. The van der Waals surface area contributed by atoms with E-state index in [4.69, 9.17) is 10.7 Å². The topological polar surface area (TPSA) is 210 Å². The van der Waals surface area contributed by atoms with Crippen LogP contribution in [0.4, 0.5) is 5.82 Å². The molecular formula is C47H61N5O7. The Bertz CT molecular complexity index is 2010. The smallest absolute Gasteiger partial charge is 0.328 e. The molecule has 59 heavy (non-hydrogen) atoms. The summed E-state index contributed by atoms with van der Waals surface area (Å²) in [5.74, 6) is 0.852. The van der Waals surface area contributed by atoms with E-state index >= 15 is 0 Å². The molecule has 0 saturated heterocycles. The number of rotatable bonds is 21. The second-order valence-corrected chi connectivity index (χ2v) is 17.3. The van der Waals surface area contributed by atoms with Crippen molar-refractivity contribution in [3.8, 4) is 0 Å². The van der Waals surface area contributed by atoms with Crippen LogP contribution in [0.3, 0.4) is 0 Å². The molecule has 2 heterocycles. The third-order valence-corrected chi connectivity index (χ3v) is 13.8. The number of hydrogen-bond acceptors (Lipinski definition) is 10. The van der Waals surface area contributed by atoms with Crippen LogP contribution in [-0.2, 0) is 20.8 Å². The third-order valence-electron chi connectivity index (χ3n) is 13.8. The van der Waals surface area contributed by atoms with Gasteiger partial charge in [0.05, 0.1) is 24.2 Å². The quantitative estimate of drug-likeness (QED) is 0.0283. The molecule has 1 saturated carbocycles. The summed E-state index contributed by atoms with van der Waals surface area (Å²) >= 11 is 0. The molecule has 2 aromatic carbocycles. The molecule has 1 aromatic heterocycles. The number of aromatic nitrogens is 1. The molecule has 12 heteroatoms. The first-order chi connectivity index (χ1) is 28.7. The van der Waals surface area contributed by atoms with Gasteiger partial charge in [-0.05, 0) is 132 Å². The summed E-state index contributed by atoms with van der Waals surface area (Å²) in [5.41, 5.74) is 10.7. The molecule has 7 rings (SSSR count). The molecule has 9 N–H and O–H groups in total. The van der Waals surface area contributed by atoms with Gasteiger partial charge >= 0.3 is 5.97 Å². The summed E-state index contributed by atoms with van der Waals surface area (Å²) in [5, 5.41) is 49.5. The Morgan fingerprint density at radius 1 is 0.966 bits per heavy atom. The van der Waals surface area contributed by atoms with Crippen LogP contribution in [-0.4, -0.2) is 87.4 Å². The van der Waals surface area contributed by atoms with Crippen LogP contribution in [0.2, 0.25) is 0 Å². The van der Waals surface area contributed by atoms with Crippen molar-refractivity contribution in [3.05, 3.63) is 89.2 Å². The van der Waals surface area contributed by atoms with E-state index in [1.807, 2.05) is 24.4 Å². The highest BCUT2D eigenvalue weighted by Gasteiger charge is 2.54. The summed E-state index contributed by atoms with van der Waals surface area (Å²) < 4.78 is 0. The Hall–Kier alpha value is -4.78. The largest absolute Gasteiger partial charge is 0.478 e. The number of aliphatic carboxylic acids is 1. The van der Waals surface area contributed by atoms with Crippen molar-refractivity contribution in [2.45, 2.75) is 113 Å². The summed E-state index contributed by atoms with van der Waals surface area (Å²) in [4.78, 5) is 44.1. The Morgan fingerprint density at radius 2 is 1.80 bits per heavy atom. The maximum atomic E-state index is 12.8. The zero-order valence-electron chi connectivity index (χ0n) is 33.8. The molecule has 3 aromatic rings. The van der Waals surface area contributed by atoms with Crippen molar-refractivity contribution in [1.82, 2.24) is 10.3 Å². The highest BCUT2D eigenvalue weighted by molar-refractivity contribution is 5.86. The fraction of sp³-hybridized carbons (Fsp3) is 0.532. The lowest BCUT2D eigenvalue weighted by Crippen LogP contribution is -2.55. The average Bonchev–Trinajstić information content (AvgIpc) is 3.75. The minimum Gasteiger partial charge on any atom is -0.478 e. The fourth-order valence-corrected chi connectivity index (χ4v) is 11.1. The molecule has 1 aliphatic heterocycles. The van der Waals surface area contributed by atoms with Crippen molar-refractivity contribution in [2.75, 3.05) is 18.5 Å². The lowest BCUT2D eigenvalue weighted by atomic mass is 9.48.